The number of hydrogen-bond acceptors (Lipinski definition) is 3. The number of hydrogen-bond donors (Lipinski definition) is 1. The van der Waals surface area contributed by atoms with E-state index in [2.05, 4.69) is 0 Å². The molecular formula is C20H20O4. The molecule has 0 bridgehead atoms. The molecule has 4 nitrogen and oxygen atoms in total. The fraction of sp³-hybridized carbons (Fsp3) is 0.250. The molecule has 4 heteroatoms. The maximum absolute atomic E-state index is 11.4. The van der Waals surface area contributed by atoms with E-state index in [1.165, 1.54) is 0 Å². The number of benzene rings is 2. The van der Waals surface area contributed by atoms with Crippen molar-refractivity contribution in [1.29, 1.82) is 0 Å². The van der Waals surface area contributed by atoms with Gasteiger partial charge in [-0.25, -0.2) is 0 Å². The van der Waals surface area contributed by atoms with Crippen LogP contribution in [0.3, 0.4) is 0 Å². The van der Waals surface area contributed by atoms with Gasteiger partial charge in [0.2, 0.25) is 0 Å². The first-order valence-electron chi connectivity index (χ1n) is 7.87. The number of carboxylic acid groups (broad SMARTS) is 1. The lowest BCUT2D eigenvalue weighted by Crippen LogP contribution is -2.27. The zero-order valence-electron chi connectivity index (χ0n) is 13.9. The van der Waals surface area contributed by atoms with Gasteiger partial charge in [0.05, 0.1) is 5.92 Å². The van der Waals surface area contributed by atoms with E-state index in [0.717, 1.165) is 5.56 Å². The predicted molar refractivity (Wildman–Crippen MR) is 92.7 cm³/mol. The Balaban J connectivity index is 2.09. The standard InChI is InChI=1S/C20H20O4/c1-13(19(21)22)15-11-14-9-10-20(2,3)24-18(14)17(12-15)23-16-7-5-4-6-8-16/h4-13H,1-3H3,(H,21,22). The highest BCUT2D eigenvalue weighted by Gasteiger charge is 2.27. The van der Waals surface area contributed by atoms with Crippen LogP contribution in [-0.4, -0.2) is 16.7 Å². The summed E-state index contributed by atoms with van der Waals surface area (Å²) in [4.78, 5) is 11.4. The van der Waals surface area contributed by atoms with Crippen LogP contribution in [0.25, 0.3) is 6.08 Å². The van der Waals surface area contributed by atoms with Gasteiger partial charge >= 0.3 is 5.97 Å². The smallest absolute Gasteiger partial charge is 0.310 e. The van der Waals surface area contributed by atoms with Crippen molar-refractivity contribution in [2.45, 2.75) is 32.3 Å². The third-order valence-electron chi connectivity index (χ3n) is 3.98. The van der Waals surface area contributed by atoms with Crippen molar-refractivity contribution in [3.8, 4) is 17.2 Å². The monoisotopic (exact) mass is 324 g/mol. The molecule has 0 spiro atoms. The summed E-state index contributed by atoms with van der Waals surface area (Å²) in [5.74, 6) is 0.334. The molecule has 124 valence electrons. The van der Waals surface area contributed by atoms with E-state index in [4.69, 9.17) is 9.47 Å². The molecule has 24 heavy (non-hydrogen) atoms. The van der Waals surface area contributed by atoms with Crippen LogP contribution in [0.15, 0.2) is 48.5 Å². The molecule has 0 radical (unpaired) electrons. The first kappa shape index (κ1) is 16.1. The third-order valence-corrected chi connectivity index (χ3v) is 3.98. The van der Waals surface area contributed by atoms with Crippen molar-refractivity contribution >= 4 is 12.0 Å². The van der Waals surface area contributed by atoms with Gasteiger partial charge in [-0.1, -0.05) is 24.3 Å². The molecule has 2 aromatic carbocycles. The highest BCUT2D eigenvalue weighted by atomic mass is 16.5. The Kier molecular flexibility index (Phi) is 4.06. The third kappa shape index (κ3) is 3.27. The Morgan fingerprint density at radius 2 is 1.92 bits per heavy atom. The molecule has 1 atom stereocenters. The summed E-state index contributed by atoms with van der Waals surface area (Å²) in [6.45, 7) is 5.59. The van der Waals surface area contributed by atoms with E-state index in [1.54, 1.807) is 13.0 Å². The molecule has 1 aliphatic rings. The average Bonchev–Trinajstić information content (AvgIpc) is 2.54. The quantitative estimate of drug-likeness (QED) is 0.873. The van der Waals surface area contributed by atoms with Gasteiger partial charge in [-0.2, -0.15) is 0 Å². The number of ether oxygens (including phenoxy) is 2. The number of para-hydroxylation sites is 1. The Morgan fingerprint density at radius 3 is 2.58 bits per heavy atom. The van der Waals surface area contributed by atoms with Crippen LogP contribution in [0, 0.1) is 0 Å². The molecule has 1 unspecified atom stereocenters. The lowest BCUT2D eigenvalue weighted by atomic mass is 9.95. The second kappa shape index (κ2) is 6.04. The largest absolute Gasteiger partial charge is 0.481 e. The maximum Gasteiger partial charge on any atom is 0.310 e. The van der Waals surface area contributed by atoms with Crippen molar-refractivity contribution in [1.82, 2.24) is 0 Å². The molecular weight excluding hydrogens is 304 g/mol. The molecule has 3 rings (SSSR count). The molecule has 1 aliphatic heterocycles. The van der Waals surface area contributed by atoms with E-state index < -0.39 is 17.5 Å². The Labute approximate surface area is 141 Å². The number of fused-ring (bicyclic) bond motifs is 1. The summed E-state index contributed by atoms with van der Waals surface area (Å²) in [6, 6.07) is 13.0. The molecule has 0 fully saturated rings. The lowest BCUT2D eigenvalue weighted by Gasteiger charge is -2.30. The lowest BCUT2D eigenvalue weighted by molar-refractivity contribution is -0.138. The van der Waals surface area contributed by atoms with E-state index in [1.807, 2.05) is 62.4 Å². The Hall–Kier alpha value is -2.75. The maximum atomic E-state index is 11.4. The SMILES string of the molecule is CC(C(=O)O)c1cc2c(c(Oc3ccccc3)c1)OC(C)(C)C=C2. The van der Waals surface area contributed by atoms with E-state index in [9.17, 15) is 9.90 Å². The molecule has 1 heterocycles. The predicted octanol–water partition coefficient (Wildman–Crippen LogP) is 4.85. The number of rotatable bonds is 4. The zero-order valence-corrected chi connectivity index (χ0v) is 13.9. The van der Waals surface area contributed by atoms with E-state index in [0.29, 0.717) is 22.8 Å². The summed E-state index contributed by atoms with van der Waals surface area (Å²) in [6.07, 6.45) is 3.91. The molecule has 0 saturated heterocycles. The fourth-order valence-corrected chi connectivity index (χ4v) is 2.55. The van der Waals surface area contributed by atoms with Gasteiger partial charge in [0.1, 0.15) is 11.4 Å². The highest BCUT2D eigenvalue weighted by Crippen LogP contribution is 2.42. The molecule has 0 saturated carbocycles. The molecule has 0 amide bonds. The molecule has 0 aromatic heterocycles. The van der Waals surface area contributed by atoms with Gasteiger partial charge < -0.3 is 14.6 Å². The van der Waals surface area contributed by atoms with Crippen LogP contribution >= 0.6 is 0 Å². The fourth-order valence-electron chi connectivity index (χ4n) is 2.55. The number of aliphatic carboxylic acids is 1. The Morgan fingerprint density at radius 1 is 1.21 bits per heavy atom. The van der Waals surface area contributed by atoms with Crippen LogP contribution in [0.4, 0.5) is 0 Å². The van der Waals surface area contributed by atoms with Gasteiger partial charge in [0, 0.05) is 5.56 Å². The van der Waals surface area contributed by atoms with Crippen LogP contribution in [0.5, 0.6) is 17.2 Å². The Bertz CT molecular complexity index is 791. The summed E-state index contributed by atoms with van der Waals surface area (Å²) < 4.78 is 12.0. The van der Waals surface area contributed by atoms with E-state index in [-0.39, 0.29) is 0 Å². The number of carboxylic acids is 1. The van der Waals surface area contributed by atoms with Crippen molar-refractivity contribution in [2.75, 3.05) is 0 Å². The van der Waals surface area contributed by atoms with E-state index >= 15 is 0 Å². The van der Waals surface area contributed by atoms with Gasteiger partial charge in [0.25, 0.3) is 0 Å². The van der Waals surface area contributed by atoms with Gasteiger partial charge in [0.15, 0.2) is 11.5 Å². The van der Waals surface area contributed by atoms with Gasteiger partial charge in [-0.3, -0.25) is 4.79 Å². The molecule has 1 N–H and O–H groups in total. The normalized spacial score (nSPS) is 16.0. The number of carbonyl (C=O) groups is 1. The van der Waals surface area contributed by atoms with Crippen LogP contribution in [0.2, 0.25) is 0 Å². The minimum atomic E-state index is -0.873. The summed E-state index contributed by atoms with van der Waals surface area (Å²) in [7, 11) is 0. The summed E-state index contributed by atoms with van der Waals surface area (Å²) in [5, 5.41) is 9.31. The summed E-state index contributed by atoms with van der Waals surface area (Å²) >= 11 is 0. The van der Waals surface area contributed by atoms with Crippen molar-refractivity contribution in [3.63, 3.8) is 0 Å². The molecule has 2 aromatic rings. The highest BCUT2D eigenvalue weighted by molar-refractivity contribution is 5.77. The molecule has 0 aliphatic carbocycles. The topological polar surface area (TPSA) is 55.8 Å². The minimum absolute atomic E-state index is 0.443. The van der Waals surface area contributed by atoms with Gasteiger partial charge in [-0.15, -0.1) is 0 Å². The van der Waals surface area contributed by atoms with Crippen LogP contribution in [0.1, 0.15) is 37.8 Å². The first-order valence-corrected chi connectivity index (χ1v) is 7.87. The van der Waals surface area contributed by atoms with Crippen molar-refractivity contribution < 1.29 is 19.4 Å². The van der Waals surface area contributed by atoms with Crippen molar-refractivity contribution in [2.24, 2.45) is 0 Å². The summed E-state index contributed by atoms with van der Waals surface area (Å²) in [5.41, 5.74) is 1.06. The second-order valence-electron chi connectivity index (χ2n) is 6.45. The first-order chi connectivity index (χ1) is 11.4. The minimum Gasteiger partial charge on any atom is -0.481 e. The average molecular weight is 324 g/mol. The zero-order chi connectivity index (χ0) is 17.3. The van der Waals surface area contributed by atoms with Crippen molar-refractivity contribution in [3.05, 3.63) is 59.7 Å². The van der Waals surface area contributed by atoms with Crippen LogP contribution in [-0.2, 0) is 4.79 Å². The van der Waals surface area contributed by atoms with Gasteiger partial charge in [-0.05, 0) is 56.7 Å². The second-order valence-corrected chi connectivity index (χ2v) is 6.45. The van der Waals surface area contributed by atoms with Crippen LogP contribution < -0.4 is 9.47 Å².